The van der Waals surface area contributed by atoms with Crippen molar-refractivity contribution in [1.29, 1.82) is 0 Å². The van der Waals surface area contributed by atoms with Crippen LogP contribution in [-0.4, -0.2) is 41.4 Å². The molecule has 2 heterocycles. The van der Waals surface area contributed by atoms with E-state index in [-0.39, 0.29) is 17.1 Å². The predicted octanol–water partition coefficient (Wildman–Crippen LogP) is 3.89. The van der Waals surface area contributed by atoms with Gasteiger partial charge < -0.3 is 14.5 Å². The topological polar surface area (TPSA) is 84.5 Å². The minimum Gasteiger partial charge on any atom is -0.483 e. The SMILES string of the molecule is CCN(CC)S(=O)(=O)c1ccc2nc(COc3cccc4c3OC(C)(C)C4)[nH]c2c1. The molecule has 30 heavy (non-hydrogen) atoms. The van der Waals surface area contributed by atoms with Crippen LogP contribution in [0.5, 0.6) is 11.5 Å². The Labute approximate surface area is 177 Å². The van der Waals surface area contributed by atoms with Gasteiger partial charge in [0.2, 0.25) is 10.0 Å². The molecule has 0 aliphatic carbocycles. The molecule has 1 aromatic heterocycles. The van der Waals surface area contributed by atoms with Crippen molar-refractivity contribution < 1.29 is 17.9 Å². The summed E-state index contributed by atoms with van der Waals surface area (Å²) < 4.78 is 39.0. The lowest BCUT2D eigenvalue weighted by atomic mass is 10.0. The number of hydrogen-bond donors (Lipinski definition) is 1. The molecule has 0 saturated carbocycles. The van der Waals surface area contributed by atoms with Crippen LogP contribution in [0.2, 0.25) is 0 Å². The molecule has 0 unspecified atom stereocenters. The van der Waals surface area contributed by atoms with E-state index in [2.05, 4.69) is 29.9 Å². The third-order valence-electron chi connectivity index (χ3n) is 5.26. The fraction of sp³-hybridized carbons (Fsp3) is 0.409. The lowest BCUT2D eigenvalue weighted by Crippen LogP contribution is -2.30. The standard InChI is InChI=1S/C22H27N3O4S/c1-5-25(6-2)30(26,27)16-10-11-17-18(12-16)24-20(23-17)14-28-19-9-7-8-15-13-22(3,4)29-21(15)19/h7-12H,5-6,13-14H2,1-4H3,(H,23,24). The fourth-order valence-corrected chi connectivity index (χ4v) is 5.31. The molecule has 2 aromatic carbocycles. The first kappa shape index (κ1) is 20.7. The molecule has 0 fully saturated rings. The molecule has 1 N–H and O–H groups in total. The Morgan fingerprint density at radius 2 is 1.97 bits per heavy atom. The van der Waals surface area contributed by atoms with Gasteiger partial charge in [0.25, 0.3) is 0 Å². The van der Waals surface area contributed by atoms with E-state index in [0.717, 1.165) is 17.7 Å². The van der Waals surface area contributed by atoms with Gasteiger partial charge in [0, 0.05) is 25.1 Å². The summed E-state index contributed by atoms with van der Waals surface area (Å²) in [6, 6.07) is 10.8. The molecule has 0 amide bonds. The van der Waals surface area contributed by atoms with Gasteiger partial charge in [-0.15, -0.1) is 0 Å². The number of imidazole rings is 1. The minimum atomic E-state index is -3.52. The Morgan fingerprint density at radius 3 is 2.70 bits per heavy atom. The van der Waals surface area contributed by atoms with Crippen LogP contribution in [-0.2, 0) is 23.1 Å². The number of H-pyrrole nitrogens is 1. The van der Waals surface area contributed by atoms with Crippen molar-refractivity contribution in [1.82, 2.24) is 14.3 Å². The zero-order valence-electron chi connectivity index (χ0n) is 17.7. The number of benzene rings is 2. The van der Waals surface area contributed by atoms with Crippen LogP contribution in [0, 0.1) is 0 Å². The number of hydrogen-bond acceptors (Lipinski definition) is 5. The van der Waals surface area contributed by atoms with Crippen LogP contribution in [0.3, 0.4) is 0 Å². The van der Waals surface area contributed by atoms with E-state index in [1.54, 1.807) is 18.2 Å². The van der Waals surface area contributed by atoms with E-state index in [0.29, 0.717) is 35.7 Å². The predicted molar refractivity (Wildman–Crippen MR) is 115 cm³/mol. The molecule has 0 spiro atoms. The third kappa shape index (κ3) is 3.77. The first-order valence-corrected chi connectivity index (χ1v) is 11.6. The summed E-state index contributed by atoms with van der Waals surface area (Å²) in [5.41, 5.74) is 2.25. The van der Waals surface area contributed by atoms with Gasteiger partial charge in [-0.1, -0.05) is 26.0 Å². The van der Waals surface area contributed by atoms with Crippen LogP contribution >= 0.6 is 0 Å². The van der Waals surface area contributed by atoms with E-state index >= 15 is 0 Å². The van der Waals surface area contributed by atoms with Crippen LogP contribution in [0.1, 0.15) is 39.1 Å². The number of rotatable bonds is 7. The second-order valence-corrected chi connectivity index (χ2v) is 9.96. The molecule has 1 aliphatic rings. The van der Waals surface area contributed by atoms with Gasteiger partial charge in [0.1, 0.15) is 18.0 Å². The highest BCUT2D eigenvalue weighted by Gasteiger charge is 2.32. The van der Waals surface area contributed by atoms with Gasteiger partial charge in [-0.2, -0.15) is 4.31 Å². The van der Waals surface area contributed by atoms with Gasteiger partial charge in [0.15, 0.2) is 11.5 Å². The lowest BCUT2D eigenvalue weighted by molar-refractivity contribution is 0.131. The van der Waals surface area contributed by atoms with Crippen molar-refractivity contribution in [3.05, 3.63) is 47.8 Å². The van der Waals surface area contributed by atoms with E-state index in [1.165, 1.54) is 4.31 Å². The number of sulfonamides is 1. The van der Waals surface area contributed by atoms with E-state index in [9.17, 15) is 8.42 Å². The number of aromatic nitrogens is 2. The molecule has 0 saturated heterocycles. The quantitative estimate of drug-likeness (QED) is 0.616. The first-order chi connectivity index (χ1) is 14.2. The average Bonchev–Trinajstić information content (AvgIpc) is 3.25. The molecule has 0 radical (unpaired) electrons. The summed E-state index contributed by atoms with van der Waals surface area (Å²) >= 11 is 0. The molecular weight excluding hydrogens is 402 g/mol. The van der Waals surface area contributed by atoms with Crippen LogP contribution in [0.15, 0.2) is 41.3 Å². The molecule has 160 valence electrons. The summed E-state index contributed by atoms with van der Waals surface area (Å²) in [6.45, 7) is 8.86. The second-order valence-electron chi connectivity index (χ2n) is 8.02. The van der Waals surface area contributed by atoms with E-state index in [1.807, 2.05) is 26.0 Å². The monoisotopic (exact) mass is 429 g/mol. The highest BCUT2D eigenvalue weighted by molar-refractivity contribution is 7.89. The molecule has 0 bridgehead atoms. The summed E-state index contributed by atoms with van der Waals surface area (Å²) in [5.74, 6) is 2.09. The Kier molecular flexibility index (Phi) is 5.23. The molecule has 0 atom stereocenters. The maximum Gasteiger partial charge on any atom is 0.243 e. The van der Waals surface area contributed by atoms with Gasteiger partial charge in [-0.25, -0.2) is 13.4 Å². The number of ether oxygens (including phenoxy) is 2. The van der Waals surface area contributed by atoms with Gasteiger partial charge >= 0.3 is 0 Å². The second kappa shape index (κ2) is 7.59. The molecule has 7 nitrogen and oxygen atoms in total. The van der Waals surface area contributed by atoms with E-state index < -0.39 is 10.0 Å². The van der Waals surface area contributed by atoms with Crippen molar-refractivity contribution in [2.24, 2.45) is 0 Å². The first-order valence-electron chi connectivity index (χ1n) is 10.2. The Morgan fingerprint density at radius 1 is 1.20 bits per heavy atom. The van der Waals surface area contributed by atoms with Crippen LogP contribution in [0.25, 0.3) is 11.0 Å². The van der Waals surface area contributed by atoms with Crippen molar-refractivity contribution in [2.75, 3.05) is 13.1 Å². The number of fused-ring (bicyclic) bond motifs is 2. The molecule has 4 rings (SSSR count). The van der Waals surface area contributed by atoms with Crippen molar-refractivity contribution in [3.8, 4) is 11.5 Å². The highest BCUT2D eigenvalue weighted by Crippen LogP contribution is 2.41. The fourth-order valence-electron chi connectivity index (χ4n) is 3.83. The van der Waals surface area contributed by atoms with Crippen LogP contribution in [0.4, 0.5) is 0 Å². The zero-order chi connectivity index (χ0) is 21.5. The van der Waals surface area contributed by atoms with Crippen molar-refractivity contribution in [2.45, 2.75) is 51.2 Å². The minimum absolute atomic E-state index is 0.229. The number of para-hydroxylation sites is 1. The smallest absolute Gasteiger partial charge is 0.243 e. The normalized spacial score (nSPS) is 15.4. The zero-order valence-corrected chi connectivity index (χ0v) is 18.5. The maximum absolute atomic E-state index is 12.8. The number of nitrogens with one attached hydrogen (secondary N) is 1. The van der Waals surface area contributed by atoms with Gasteiger partial charge in [-0.3, -0.25) is 0 Å². The Hall–Kier alpha value is -2.58. The summed E-state index contributed by atoms with van der Waals surface area (Å²) in [6.07, 6.45) is 0.841. The lowest BCUT2D eigenvalue weighted by Gasteiger charge is -2.18. The summed E-state index contributed by atoms with van der Waals surface area (Å²) in [7, 11) is -3.52. The van der Waals surface area contributed by atoms with Crippen molar-refractivity contribution >= 4 is 21.1 Å². The third-order valence-corrected chi connectivity index (χ3v) is 7.31. The highest BCUT2D eigenvalue weighted by atomic mass is 32.2. The molecule has 1 aliphatic heterocycles. The average molecular weight is 430 g/mol. The number of nitrogens with zero attached hydrogens (tertiary/aromatic N) is 2. The van der Waals surface area contributed by atoms with Gasteiger partial charge in [0.05, 0.1) is 15.9 Å². The summed E-state index contributed by atoms with van der Waals surface area (Å²) in [5, 5.41) is 0. The Balaban J connectivity index is 1.56. The molecule has 3 aromatic rings. The molecule has 8 heteroatoms. The Bertz CT molecular complexity index is 1180. The van der Waals surface area contributed by atoms with E-state index in [4.69, 9.17) is 9.47 Å². The summed E-state index contributed by atoms with van der Waals surface area (Å²) in [4.78, 5) is 7.96. The largest absolute Gasteiger partial charge is 0.483 e. The maximum atomic E-state index is 12.8. The number of aromatic amines is 1. The molecular formula is C22H27N3O4S. The van der Waals surface area contributed by atoms with Crippen LogP contribution < -0.4 is 9.47 Å². The van der Waals surface area contributed by atoms with Crippen molar-refractivity contribution in [3.63, 3.8) is 0 Å². The van der Waals surface area contributed by atoms with Gasteiger partial charge in [-0.05, 0) is 38.1 Å².